The zero-order valence-corrected chi connectivity index (χ0v) is 11.3. The largest absolute Gasteiger partial charge is 0.481 e. The van der Waals surface area contributed by atoms with Gasteiger partial charge in [0.2, 0.25) is 5.95 Å². The van der Waals surface area contributed by atoms with Gasteiger partial charge in [-0.3, -0.25) is 9.59 Å². The molecule has 1 aromatic rings. The highest BCUT2D eigenvalue weighted by Crippen LogP contribution is 2.34. The summed E-state index contributed by atoms with van der Waals surface area (Å²) in [6.45, 7) is 2.53. The first-order valence-corrected chi connectivity index (χ1v) is 6.63. The molecule has 108 valence electrons. The highest BCUT2D eigenvalue weighted by Gasteiger charge is 2.42. The van der Waals surface area contributed by atoms with Crippen LogP contribution in [0.3, 0.4) is 0 Å². The van der Waals surface area contributed by atoms with E-state index in [1.165, 1.54) is 17.2 Å². The molecule has 0 spiro atoms. The van der Waals surface area contributed by atoms with Crippen molar-refractivity contribution in [3.63, 3.8) is 0 Å². The van der Waals surface area contributed by atoms with E-state index in [4.69, 9.17) is 0 Å². The van der Waals surface area contributed by atoms with Gasteiger partial charge in [0.05, 0.1) is 11.0 Å². The Hall–Kier alpha value is -1.98. The van der Waals surface area contributed by atoms with Crippen LogP contribution in [-0.4, -0.2) is 40.0 Å². The summed E-state index contributed by atoms with van der Waals surface area (Å²) in [5.74, 6) is -1.81. The van der Waals surface area contributed by atoms with Gasteiger partial charge in [0.15, 0.2) is 0 Å². The predicted molar refractivity (Wildman–Crippen MR) is 69.7 cm³/mol. The third-order valence-corrected chi connectivity index (χ3v) is 3.97. The van der Waals surface area contributed by atoms with Crippen LogP contribution in [0.1, 0.15) is 36.5 Å². The van der Waals surface area contributed by atoms with E-state index in [1.54, 1.807) is 0 Å². The summed E-state index contributed by atoms with van der Waals surface area (Å²) >= 11 is 0. The fourth-order valence-electron chi connectivity index (χ4n) is 2.60. The van der Waals surface area contributed by atoms with Crippen molar-refractivity contribution >= 4 is 11.9 Å². The summed E-state index contributed by atoms with van der Waals surface area (Å²) in [4.78, 5) is 28.7. The molecule has 0 saturated carbocycles. The van der Waals surface area contributed by atoms with Gasteiger partial charge in [-0.2, -0.15) is 4.39 Å². The zero-order chi connectivity index (χ0) is 14.8. The first-order valence-electron chi connectivity index (χ1n) is 6.63. The van der Waals surface area contributed by atoms with Crippen LogP contribution >= 0.6 is 0 Å². The van der Waals surface area contributed by atoms with Gasteiger partial charge in [-0.1, -0.05) is 6.92 Å². The number of aliphatic carboxylic acids is 1. The van der Waals surface area contributed by atoms with Gasteiger partial charge in [0.1, 0.15) is 0 Å². The molecule has 1 saturated heterocycles. The number of likely N-dealkylation sites (tertiary alicyclic amines) is 1. The number of amides is 1. The van der Waals surface area contributed by atoms with Crippen LogP contribution in [0.4, 0.5) is 4.39 Å². The fourth-order valence-corrected chi connectivity index (χ4v) is 2.60. The second kappa shape index (κ2) is 5.56. The van der Waals surface area contributed by atoms with Crippen LogP contribution in [0.25, 0.3) is 0 Å². The summed E-state index contributed by atoms with van der Waals surface area (Å²) in [7, 11) is 0. The Kier molecular flexibility index (Phi) is 4.01. The van der Waals surface area contributed by atoms with Gasteiger partial charge >= 0.3 is 5.97 Å². The maximum Gasteiger partial charge on any atom is 0.311 e. The number of hydrogen-bond donors (Lipinski definition) is 1. The lowest BCUT2D eigenvalue weighted by Gasteiger charge is -2.39. The molecule has 1 amide bonds. The maximum absolute atomic E-state index is 12.8. The highest BCUT2D eigenvalue weighted by atomic mass is 19.1. The topological polar surface area (TPSA) is 70.5 Å². The van der Waals surface area contributed by atoms with Crippen LogP contribution in [0, 0.1) is 11.4 Å². The average molecular weight is 280 g/mol. The van der Waals surface area contributed by atoms with E-state index in [-0.39, 0.29) is 18.0 Å². The molecule has 1 unspecified atom stereocenters. The second-order valence-corrected chi connectivity index (χ2v) is 5.14. The van der Waals surface area contributed by atoms with Crippen molar-refractivity contribution in [3.05, 3.63) is 29.8 Å². The molecule has 6 heteroatoms. The lowest BCUT2D eigenvalue weighted by Crippen LogP contribution is -2.49. The predicted octanol–water partition coefficient (Wildman–Crippen LogP) is 1.94. The quantitative estimate of drug-likeness (QED) is 0.859. The Labute approximate surface area is 116 Å². The van der Waals surface area contributed by atoms with E-state index in [9.17, 15) is 19.1 Å². The first-order chi connectivity index (χ1) is 9.48. The van der Waals surface area contributed by atoms with Crippen LogP contribution in [0.15, 0.2) is 18.3 Å². The van der Waals surface area contributed by atoms with E-state index in [2.05, 4.69) is 4.98 Å². The molecule has 5 nitrogen and oxygen atoms in total. The minimum absolute atomic E-state index is 0.190. The van der Waals surface area contributed by atoms with Crippen molar-refractivity contribution in [2.24, 2.45) is 5.41 Å². The molecule has 0 radical (unpaired) electrons. The average Bonchev–Trinajstić information content (AvgIpc) is 2.47. The summed E-state index contributed by atoms with van der Waals surface area (Å²) in [5, 5.41) is 9.40. The lowest BCUT2D eigenvalue weighted by molar-refractivity contribution is -0.152. The number of rotatable bonds is 3. The molecule has 0 bridgehead atoms. The molecule has 1 N–H and O–H groups in total. The van der Waals surface area contributed by atoms with E-state index < -0.39 is 17.3 Å². The minimum Gasteiger partial charge on any atom is -0.481 e. The Balaban J connectivity index is 2.18. The summed E-state index contributed by atoms with van der Waals surface area (Å²) in [6.07, 6.45) is 2.89. The molecule has 20 heavy (non-hydrogen) atoms. The number of pyridine rings is 1. The van der Waals surface area contributed by atoms with Gasteiger partial charge in [-0.15, -0.1) is 0 Å². The Morgan fingerprint density at radius 2 is 2.25 bits per heavy atom. The Morgan fingerprint density at radius 1 is 1.50 bits per heavy atom. The molecular formula is C14H17FN2O3. The monoisotopic (exact) mass is 280 g/mol. The van der Waals surface area contributed by atoms with Crippen molar-refractivity contribution in [2.75, 3.05) is 13.1 Å². The van der Waals surface area contributed by atoms with Gasteiger partial charge in [-0.05, 0) is 31.4 Å². The molecule has 1 aliphatic rings. The lowest BCUT2D eigenvalue weighted by atomic mass is 9.77. The number of carbonyl (C=O) groups is 2. The molecule has 0 aromatic carbocycles. The number of halogens is 1. The number of carboxylic acid groups (broad SMARTS) is 1. The summed E-state index contributed by atoms with van der Waals surface area (Å²) in [5.41, 5.74) is -0.592. The van der Waals surface area contributed by atoms with Crippen molar-refractivity contribution in [2.45, 2.75) is 26.2 Å². The summed E-state index contributed by atoms with van der Waals surface area (Å²) in [6, 6.07) is 2.50. The SMILES string of the molecule is CCC1(C(=O)O)CCCN(C(=O)c2ccc(F)nc2)C1. The van der Waals surface area contributed by atoms with Crippen molar-refractivity contribution < 1.29 is 19.1 Å². The maximum atomic E-state index is 12.8. The minimum atomic E-state index is -0.874. The van der Waals surface area contributed by atoms with E-state index >= 15 is 0 Å². The van der Waals surface area contributed by atoms with E-state index in [0.717, 1.165) is 6.07 Å². The van der Waals surface area contributed by atoms with Crippen LogP contribution in [0.2, 0.25) is 0 Å². The van der Waals surface area contributed by atoms with Crippen molar-refractivity contribution in [3.8, 4) is 0 Å². The Morgan fingerprint density at radius 3 is 2.80 bits per heavy atom. The number of nitrogens with zero attached hydrogens (tertiary/aromatic N) is 2. The fraction of sp³-hybridized carbons (Fsp3) is 0.500. The Bertz CT molecular complexity index is 518. The van der Waals surface area contributed by atoms with Gasteiger partial charge in [0.25, 0.3) is 5.91 Å². The molecule has 0 aliphatic carbocycles. The van der Waals surface area contributed by atoms with Gasteiger partial charge in [-0.25, -0.2) is 4.98 Å². The number of piperidine rings is 1. The third kappa shape index (κ3) is 2.64. The highest BCUT2D eigenvalue weighted by molar-refractivity contribution is 5.94. The molecule has 2 heterocycles. The first kappa shape index (κ1) is 14.4. The van der Waals surface area contributed by atoms with E-state index in [0.29, 0.717) is 25.8 Å². The molecular weight excluding hydrogens is 263 g/mol. The normalized spacial score (nSPS) is 22.6. The van der Waals surface area contributed by atoms with Crippen LogP contribution < -0.4 is 0 Å². The van der Waals surface area contributed by atoms with Crippen LogP contribution in [0.5, 0.6) is 0 Å². The molecule has 2 rings (SSSR count). The second-order valence-electron chi connectivity index (χ2n) is 5.14. The van der Waals surface area contributed by atoms with Crippen molar-refractivity contribution in [1.29, 1.82) is 0 Å². The van der Waals surface area contributed by atoms with Gasteiger partial charge in [0, 0.05) is 19.3 Å². The number of hydrogen-bond acceptors (Lipinski definition) is 3. The van der Waals surface area contributed by atoms with E-state index in [1.807, 2.05) is 6.92 Å². The van der Waals surface area contributed by atoms with Crippen LogP contribution in [-0.2, 0) is 4.79 Å². The zero-order valence-electron chi connectivity index (χ0n) is 11.3. The van der Waals surface area contributed by atoms with Crippen molar-refractivity contribution in [1.82, 2.24) is 9.88 Å². The smallest absolute Gasteiger partial charge is 0.311 e. The number of carboxylic acids is 1. The standard InChI is InChI=1S/C14H17FN2O3/c1-2-14(13(19)20)6-3-7-17(9-14)12(18)10-4-5-11(15)16-8-10/h4-5,8H,2-3,6-7,9H2,1H3,(H,19,20). The summed E-state index contributed by atoms with van der Waals surface area (Å²) < 4.78 is 12.8. The number of aromatic nitrogens is 1. The molecule has 1 fully saturated rings. The molecule has 1 aromatic heterocycles. The number of carbonyl (C=O) groups excluding carboxylic acids is 1. The van der Waals surface area contributed by atoms with Gasteiger partial charge < -0.3 is 10.0 Å². The molecule has 1 atom stereocenters. The third-order valence-electron chi connectivity index (χ3n) is 3.97. The molecule has 1 aliphatic heterocycles.